The van der Waals surface area contributed by atoms with Gasteiger partial charge in [0.15, 0.2) is 5.83 Å². The maximum atomic E-state index is 15.0. The first-order chi connectivity index (χ1) is 15.0. The molecule has 2 heterocycles. The maximum absolute atomic E-state index is 15.0. The molecule has 0 aliphatic heterocycles. The van der Waals surface area contributed by atoms with Crippen LogP contribution >= 0.6 is 11.6 Å². The van der Waals surface area contributed by atoms with E-state index in [1.54, 1.807) is 24.3 Å². The van der Waals surface area contributed by atoms with E-state index >= 15 is 4.39 Å². The van der Waals surface area contributed by atoms with Gasteiger partial charge in [0, 0.05) is 17.3 Å². The highest BCUT2D eigenvalue weighted by atomic mass is 35.5. The molecular formula is C23H16ClF6NO. The number of carbonyl (C=O) groups is 1. The van der Waals surface area contributed by atoms with Gasteiger partial charge in [0.25, 0.3) is 0 Å². The monoisotopic (exact) mass is 471 g/mol. The number of ketones is 1. The lowest BCUT2D eigenvalue weighted by Gasteiger charge is -2.20. The molecule has 1 aromatic carbocycles. The molecule has 168 valence electrons. The molecule has 0 spiro atoms. The fraction of sp³-hybridized carbons (Fsp3) is 0.261. The fourth-order valence-electron chi connectivity index (χ4n) is 4.00. The lowest BCUT2D eigenvalue weighted by atomic mass is 9.91. The number of benzene rings is 1. The van der Waals surface area contributed by atoms with Crippen molar-refractivity contribution in [2.45, 2.75) is 37.0 Å². The van der Waals surface area contributed by atoms with E-state index in [9.17, 15) is 26.7 Å². The van der Waals surface area contributed by atoms with Gasteiger partial charge in [-0.25, -0.2) is 8.78 Å². The molecular weight excluding hydrogens is 456 g/mol. The van der Waals surface area contributed by atoms with Gasteiger partial charge in [-0.15, -0.1) is 0 Å². The third kappa shape index (κ3) is 3.60. The van der Waals surface area contributed by atoms with E-state index in [1.165, 1.54) is 22.7 Å². The van der Waals surface area contributed by atoms with Crippen molar-refractivity contribution in [3.8, 4) is 0 Å². The molecule has 0 saturated heterocycles. The average Bonchev–Trinajstić information content (AvgIpc) is 3.17. The molecule has 0 atom stereocenters. The predicted molar refractivity (Wildman–Crippen MR) is 109 cm³/mol. The average molecular weight is 472 g/mol. The highest BCUT2D eigenvalue weighted by molar-refractivity contribution is 6.22. The lowest BCUT2D eigenvalue weighted by Crippen LogP contribution is -2.36. The number of carbonyl (C=O) groups excluding carboxylic acids is 1. The van der Waals surface area contributed by atoms with Gasteiger partial charge >= 0.3 is 11.3 Å². The van der Waals surface area contributed by atoms with Gasteiger partial charge in [0.2, 0.25) is 11.6 Å². The maximum Gasteiger partial charge on any atom is 0.391 e. The van der Waals surface area contributed by atoms with Gasteiger partial charge in [0.1, 0.15) is 0 Å². The van der Waals surface area contributed by atoms with Gasteiger partial charge in [-0.3, -0.25) is 4.79 Å². The minimum atomic E-state index is -5.58. The normalized spacial score (nSPS) is 15.5. The topological polar surface area (TPSA) is 21.5 Å². The van der Waals surface area contributed by atoms with E-state index < -0.39 is 34.3 Å². The molecule has 2 nitrogen and oxygen atoms in total. The van der Waals surface area contributed by atoms with Gasteiger partial charge in [-0.1, -0.05) is 30.3 Å². The molecule has 9 heteroatoms. The predicted octanol–water partition coefficient (Wildman–Crippen LogP) is 7.12. The molecule has 4 rings (SSSR count). The van der Waals surface area contributed by atoms with Crippen LogP contribution in [0.25, 0.3) is 11.3 Å². The molecule has 1 aliphatic carbocycles. The van der Waals surface area contributed by atoms with E-state index in [0.717, 1.165) is 18.1 Å². The number of rotatable bonds is 5. The Morgan fingerprint density at radius 1 is 0.969 bits per heavy atom. The van der Waals surface area contributed by atoms with E-state index in [4.69, 9.17) is 0 Å². The summed E-state index contributed by atoms with van der Waals surface area (Å²) in [6.45, 7) is 0. The Bertz CT molecular complexity index is 1230. The second kappa shape index (κ2) is 7.99. The van der Waals surface area contributed by atoms with E-state index in [-0.39, 0.29) is 16.8 Å². The number of fused-ring (bicyclic) bond motifs is 3. The van der Waals surface area contributed by atoms with E-state index in [1.807, 2.05) is 0 Å². The first kappa shape index (κ1) is 22.5. The van der Waals surface area contributed by atoms with Gasteiger partial charge in [-0.05, 0) is 60.5 Å². The number of hydrogen-bond acceptors (Lipinski definition) is 1. The molecule has 0 fully saturated rings. The number of aromatic nitrogens is 1. The number of nitrogens with zero attached hydrogens (tertiary/aromatic N) is 1. The van der Waals surface area contributed by atoms with E-state index in [2.05, 4.69) is 11.6 Å². The van der Waals surface area contributed by atoms with Crippen molar-refractivity contribution in [2.24, 2.45) is 0 Å². The summed E-state index contributed by atoms with van der Waals surface area (Å²) in [5.74, 6) is -11.3. The van der Waals surface area contributed by atoms with Gasteiger partial charge in [-0.2, -0.15) is 17.6 Å². The highest BCUT2D eigenvalue weighted by Gasteiger charge is 2.60. The molecule has 0 N–H and O–H groups in total. The van der Waals surface area contributed by atoms with Crippen LogP contribution in [0.2, 0.25) is 0 Å². The number of allylic oxidation sites excluding steroid dienone is 1. The summed E-state index contributed by atoms with van der Waals surface area (Å²) in [5.41, 5.74) is 0.787. The largest absolute Gasteiger partial charge is 0.391 e. The summed E-state index contributed by atoms with van der Waals surface area (Å²) >= 11 is 4.34. The minimum absolute atomic E-state index is 0.00261. The molecule has 2 aromatic heterocycles. The lowest BCUT2D eigenvalue weighted by molar-refractivity contribution is -0.141. The number of halogens is 7. The summed E-state index contributed by atoms with van der Waals surface area (Å²) < 4.78 is 84.4. The molecule has 32 heavy (non-hydrogen) atoms. The standard InChI is InChI=1S/C23H16ClF6NO/c24-23(29,30)22(27,28)21(26)18(25)16-12-17(20(32)14-7-2-1-3-8-14)31-11-10-13-6-4-5-9-15(13)19(16)31/h1-3,7-8,10-12H,4-6,9H2/b21-18+. The van der Waals surface area contributed by atoms with Crippen LogP contribution in [0, 0.1) is 0 Å². The van der Waals surface area contributed by atoms with Crippen molar-refractivity contribution in [3.63, 3.8) is 0 Å². The van der Waals surface area contributed by atoms with Crippen LogP contribution in [-0.2, 0) is 12.8 Å². The number of hydrogen-bond donors (Lipinski definition) is 0. The van der Waals surface area contributed by atoms with Crippen LogP contribution in [-0.4, -0.2) is 21.5 Å². The second-order valence-corrected chi connectivity index (χ2v) is 8.06. The molecule has 0 saturated carbocycles. The molecule has 0 amide bonds. The van der Waals surface area contributed by atoms with Crippen molar-refractivity contribution in [1.82, 2.24) is 4.40 Å². The Morgan fingerprint density at radius 3 is 2.28 bits per heavy atom. The van der Waals surface area contributed by atoms with Gasteiger partial charge < -0.3 is 4.40 Å². The summed E-state index contributed by atoms with van der Waals surface area (Å²) in [6, 6.07) is 10.6. The summed E-state index contributed by atoms with van der Waals surface area (Å²) in [5, 5.41) is -5.34. The number of pyridine rings is 1. The summed E-state index contributed by atoms with van der Waals surface area (Å²) in [7, 11) is 0. The third-order valence-corrected chi connectivity index (χ3v) is 5.82. The summed E-state index contributed by atoms with van der Waals surface area (Å²) in [4.78, 5) is 13.0. The van der Waals surface area contributed by atoms with Crippen LogP contribution in [0.5, 0.6) is 0 Å². The Hall–Kier alpha value is -2.74. The zero-order chi connectivity index (χ0) is 23.3. The second-order valence-electron chi connectivity index (χ2n) is 7.58. The number of alkyl halides is 5. The van der Waals surface area contributed by atoms with Crippen LogP contribution in [0.3, 0.4) is 0 Å². The van der Waals surface area contributed by atoms with Crippen LogP contribution in [0.15, 0.2) is 54.5 Å². The zero-order valence-electron chi connectivity index (χ0n) is 16.4. The Kier molecular flexibility index (Phi) is 5.61. The SMILES string of the molecule is O=C(c1ccccc1)c1cc(/C(F)=C(\F)C(F)(F)C(F)(F)Cl)c2c3c(ccn12)CCCC3. The molecule has 0 radical (unpaired) electrons. The molecule has 0 bridgehead atoms. The number of aryl methyl sites for hydroxylation is 2. The molecule has 0 unspecified atom stereocenters. The first-order valence-electron chi connectivity index (χ1n) is 9.80. The molecule has 3 aromatic rings. The first-order valence-corrected chi connectivity index (χ1v) is 10.2. The van der Waals surface area contributed by atoms with Crippen molar-refractivity contribution < 1.29 is 31.1 Å². The minimum Gasteiger partial charge on any atom is -0.313 e. The van der Waals surface area contributed by atoms with Crippen LogP contribution in [0.1, 0.15) is 45.6 Å². The van der Waals surface area contributed by atoms with Crippen molar-refractivity contribution in [3.05, 3.63) is 82.4 Å². The summed E-state index contributed by atoms with van der Waals surface area (Å²) in [6.07, 6.45) is 4.09. The Balaban J connectivity index is 2.00. The zero-order valence-corrected chi connectivity index (χ0v) is 17.2. The van der Waals surface area contributed by atoms with Crippen molar-refractivity contribution >= 4 is 28.7 Å². The van der Waals surface area contributed by atoms with Crippen molar-refractivity contribution in [2.75, 3.05) is 0 Å². The highest BCUT2D eigenvalue weighted by Crippen LogP contribution is 2.47. The van der Waals surface area contributed by atoms with Gasteiger partial charge in [0.05, 0.1) is 11.2 Å². The van der Waals surface area contributed by atoms with E-state index in [0.29, 0.717) is 24.8 Å². The quantitative estimate of drug-likeness (QED) is 0.220. The molecule has 1 aliphatic rings. The fourth-order valence-corrected chi connectivity index (χ4v) is 4.08. The Labute approximate surface area is 184 Å². The third-order valence-electron chi connectivity index (χ3n) is 5.59. The Morgan fingerprint density at radius 2 is 1.62 bits per heavy atom. The van der Waals surface area contributed by atoms with Crippen molar-refractivity contribution in [1.29, 1.82) is 0 Å². The smallest absolute Gasteiger partial charge is 0.313 e. The van der Waals surface area contributed by atoms with Crippen LogP contribution in [0.4, 0.5) is 26.3 Å². The van der Waals surface area contributed by atoms with Crippen LogP contribution < -0.4 is 0 Å².